The van der Waals surface area contributed by atoms with Crippen LogP contribution in [0.4, 0.5) is 34.1 Å². The molecule has 7 nitrogen and oxygen atoms in total. The Balaban J connectivity index is 1.13. The van der Waals surface area contributed by atoms with Gasteiger partial charge < -0.3 is 24.4 Å². The molecule has 10 aromatic rings. The third-order valence-electron chi connectivity index (χ3n) is 14.4. The molecule has 78 heavy (non-hydrogen) atoms. The van der Waals surface area contributed by atoms with Crippen molar-refractivity contribution in [2.24, 2.45) is 0 Å². The van der Waals surface area contributed by atoms with Crippen LogP contribution in [0.15, 0.2) is 181 Å². The molecule has 1 aliphatic heterocycles. The van der Waals surface area contributed by atoms with Gasteiger partial charge in [-0.3, -0.25) is 0 Å². The lowest BCUT2D eigenvalue weighted by atomic mass is 10.00. The summed E-state index contributed by atoms with van der Waals surface area (Å²) in [6.45, 7) is 5.25. The first kappa shape index (κ1) is 52.1. The number of nitriles is 1. The number of anilines is 6. The average Bonchev–Trinajstić information content (AvgIpc) is 4.22. The number of thiophene rings is 3. The fourth-order valence-corrected chi connectivity index (χ4v) is 14.3. The number of aliphatic carboxylic acids is 1. The summed E-state index contributed by atoms with van der Waals surface area (Å²) in [6.07, 6.45) is 12.4. The lowest BCUT2D eigenvalue weighted by molar-refractivity contribution is -0.132. The zero-order valence-corrected chi connectivity index (χ0v) is 46.5. The molecule has 11 rings (SSSR count). The molecule has 0 saturated heterocycles. The van der Waals surface area contributed by atoms with Gasteiger partial charge in [0.15, 0.2) is 11.5 Å². The number of unbranched alkanes of at least 4 members (excludes halogenated alkanes) is 6. The van der Waals surface area contributed by atoms with E-state index in [4.69, 9.17) is 9.47 Å². The molecule has 0 fully saturated rings. The van der Waals surface area contributed by atoms with Crippen molar-refractivity contribution < 1.29 is 19.4 Å². The second kappa shape index (κ2) is 24.2. The summed E-state index contributed by atoms with van der Waals surface area (Å²) in [5.41, 5.74) is 9.80. The molecule has 390 valence electrons. The Kier molecular flexibility index (Phi) is 16.1. The standard InChI is InChI=1S/C68H61N3O4S3/c1-3-5-7-11-25-50-41-61(66-51(26-12-8-6-4-2)42-62(78-66)67-64-63(74-35-36-75-64)60(76-67)43-53(45-69)68(72)73)77-65(50)52-39-58(70(54-27-13-9-14-28-54)56-33-31-46-21-17-19-23-48(46)37-56)44-59(40-52)71(55-29-15-10-16-30-55)57-34-32-47-22-18-20-24-49(47)38-57/h9-10,13-24,27-34,37-44H,3-8,11-12,25-26,35-36H2,1-2H3,(H,72,73). The topological polar surface area (TPSA) is 86.0 Å². The Hall–Kier alpha value is -7.94. The monoisotopic (exact) mass is 1080 g/mol. The largest absolute Gasteiger partial charge is 0.485 e. The van der Waals surface area contributed by atoms with Crippen LogP contribution in [0, 0.1) is 11.3 Å². The van der Waals surface area contributed by atoms with Crippen molar-refractivity contribution in [1.29, 1.82) is 5.26 Å². The maximum Gasteiger partial charge on any atom is 0.346 e. The van der Waals surface area contributed by atoms with Crippen LogP contribution in [0.1, 0.15) is 81.2 Å². The molecule has 0 spiro atoms. The zero-order chi connectivity index (χ0) is 53.4. The van der Waals surface area contributed by atoms with Crippen LogP contribution in [-0.2, 0) is 17.6 Å². The van der Waals surface area contributed by atoms with E-state index in [1.165, 1.54) is 77.6 Å². The molecule has 0 unspecified atom stereocenters. The molecular formula is C68H61N3O4S3. The minimum absolute atomic E-state index is 0.343. The first-order chi connectivity index (χ1) is 38.4. The van der Waals surface area contributed by atoms with Crippen molar-refractivity contribution in [1.82, 2.24) is 0 Å². The maximum atomic E-state index is 12.1. The number of ether oxygens (including phenoxy) is 2. The molecule has 1 aliphatic rings. The molecule has 0 radical (unpaired) electrons. The van der Waals surface area contributed by atoms with E-state index in [9.17, 15) is 15.2 Å². The number of nitrogens with zero attached hydrogens (tertiary/aromatic N) is 3. The second-order valence-corrected chi connectivity index (χ2v) is 23.0. The van der Waals surface area contributed by atoms with Crippen molar-refractivity contribution in [2.45, 2.75) is 78.1 Å². The lowest BCUT2D eigenvalue weighted by Gasteiger charge is -2.30. The highest BCUT2D eigenvalue weighted by atomic mass is 32.1. The van der Waals surface area contributed by atoms with E-state index in [-0.39, 0.29) is 5.57 Å². The van der Waals surface area contributed by atoms with Crippen molar-refractivity contribution in [3.05, 3.63) is 198 Å². The molecule has 0 aliphatic carbocycles. The highest BCUT2D eigenvalue weighted by Crippen LogP contribution is 2.55. The third-order valence-corrected chi connectivity index (χ3v) is 18.3. The number of hydrogen-bond donors (Lipinski definition) is 1. The highest BCUT2D eigenvalue weighted by Gasteiger charge is 2.29. The van der Waals surface area contributed by atoms with Crippen LogP contribution in [0.5, 0.6) is 11.5 Å². The lowest BCUT2D eigenvalue weighted by Crippen LogP contribution is -2.14. The van der Waals surface area contributed by atoms with Crippen LogP contribution in [0.3, 0.4) is 0 Å². The molecule has 0 bridgehead atoms. The number of benzene rings is 7. The molecule has 7 aromatic carbocycles. The van der Waals surface area contributed by atoms with E-state index in [0.29, 0.717) is 29.6 Å². The second-order valence-electron chi connectivity index (χ2n) is 19.8. The first-order valence-corrected chi connectivity index (χ1v) is 29.7. The minimum Gasteiger partial charge on any atom is -0.485 e. The molecule has 10 heteroatoms. The van der Waals surface area contributed by atoms with Crippen LogP contribution in [0.25, 0.3) is 57.6 Å². The van der Waals surface area contributed by atoms with Crippen molar-refractivity contribution in [3.63, 3.8) is 0 Å². The average molecular weight is 1080 g/mol. The third kappa shape index (κ3) is 11.2. The Labute approximate surface area is 469 Å². The number of fused-ring (bicyclic) bond motifs is 3. The van der Waals surface area contributed by atoms with Crippen LogP contribution < -0.4 is 19.3 Å². The molecule has 0 atom stereocenters. The summed E-state index contributed by atoms with van der Waals surface area (Å²) in [5.74, 6) is -0.160. The van der Waals surface area contributed by atoms with Gasteiger partial charge in [-0.25, -0.2) is 4.79 Å². The number of para-hydroxylation sites is 2. The molecule has 0 amide bonds. The smallest absolute Gasteiger partial charge is 0.346 e. The van der Waals surface area contributed by atoms with Gasteiger partial charge in [0, 0.05) is 53.6 Å². The number of aryl methyl sites for hydroxylation is 2. The fraction of sp³-hybridized carbons (Fsp3) is 0.206. The number of carboxylic acids is 1. The Bertz CT molecular complexity index is 3670. The van der Waals surface area contributed by atoms with Crippen molar-refractivity contribution in [2.75, 3.05) is 23.0 Å². The van der Waals surface area contributed by atoms with E-state index in [2.05, 4.69) is 200 Å². The van der Waals surface area contributed by atoms with Gasteiger partial charge >= 0.3 is 5.97 Å². The zero-order valence-electron chi connectivity index (χ0n) is 44.0. The molecule has 3 aromatic heterocycles. The van der Waals surface area contributed by atoms with E-state index in [1.54, 1.807) is 11.3 Å². The van der Waals surface area contributed by atoms with Gasteiger partial charge in [-0.15, -0.1) is 34.0 Å². The van der Waals surface area contributed by atoms with E-state index in [1.807, 2.05) is 17.4 Å². The summed E-state index contributed by atoms with van der Waals surface area (Å²) in [4.78, 5) is 23.1. The fourth-order valence-electron chi connectivity index (χ4n) is 10.6. The van der Waals surface area contributed by atoms with Gasteiger partial charge in [-0.1, -0.05) is 149 Å². The number of hydrogen-bond acceptors (Lipinski definition) is 9. The summed E-state index contributed by atoms with van der Waals surface area (Å²) in [6, 6.07) is 66.0. The normalized spacial score (nSPS) is 12.2. The number of carbonyl (C=O) groups is 1. The number of rotatable bonds is 21. The Morgan fingerprint density at radius 3 is 1.53 bits per heavy atom. The van der Waals surface area contributed by atoms with E-state index in [0.717, 1.165) is 101 Å². The SMILES string of the molecule is CCCCCCc1cc(-c2sc(-c3sc(C=C(C#N)C(=O)O)c4c3OCCO4)cc2CCCCCC)sc1-c1cc(N(c2ccccc2)c2ccc3ccccc3c2)cc(N(c2ccccc2)c2ccc3ccccc3c2)c1. The summed E-state index contributed by atoms with van der Waals surface area (Å²) < 4.78 is 12.5. The molecule has 0 saturated carbocycles. The minimum atomic E-state index is -1.27. The van der Waals surface area contributed by atoms with Crippen molar-refractivity contribution >= 4 is 102 Å². The van der Waals surface area contributed by atoms with E-state index >= 15 is 0 Å². The van der Waals surface area contributed by atoms with Crippen LogP contribution >= 0.6 is 34.0 Å². The van der Waals surface area contributed by atoms with Gasteiger partial charge in [0.1, 0.15) is 24.9 Å². The Morgan fingerprint density at radius 1 is 0.513 bits per heavy atom. The van der Waals surface area contributed by atoms with E-state index < -0.39 is 5.97 Å². The van der Waals surface area contributed by atoms with Crippen LogP contribution in [0.2, 0.25) is 0 Å². The highest BCUT2D eigenvalue weighted by molar-refractivity contribution is 7.28. The Morgan fingerprint density at radius 2 is 1.00 bits per heavy atom. The molecule has 4 heterocycles. The summed E-state index contributed by atoms with van der Waals surface area (Å²) in [7, 11) is 0. The van der Waals surface area contributed by atoms with Gasteiger partial charge in [0.2, 0.25) is 0 Å². The maximum absolute atomic E-state index is 12.1. The quantitative estimate of drug-likeness (QED) is 0.0436. The van der Waals surface area contributed by atoms with Gasteiger partial charge in [0.05, 0.1) is 9.75 Å². The summed E-state index contributed by atoms with van der Waals surface area (Å²) in [5, 5.41) is 24.3. The molecule has 1 N–H and O–H groups in total. The molecular weight excluding hydrogens is 1020 g/mol. The first-order valence-electron chi connectivity index (χ1n) is 27.2. The predicted molar refractivity (Wildman–Crippen MR) is 329 cm³/mol. The van der Waals surface area contributed by atoms with Crippen molar-refractivity contribution in [3.8, 4) is 47.5 Å². The predicted octanol–water partition coefficient (Wildman–Crippen LogP) is 20.1. The number of carboxylic acid groups (broad SMARTS) is 1. The van der Waals surface area contributed by atoms with Gasteiger partial charge in [-0.2, -0.15) is 5.26 Å². The van der Waals surface area contributed by atoms with Crippen LogP contribution in [-0.4, -0.2) is 24.3 Å². The summed E-state index contributed by atoms with van der Waals surface area (Å²) >= 11 is 5.08. The van der Waals surface area contributed by atoms with Gasteiger partial charge in [0.25, 0.3) is 0 Å². The van der Waals surface area contributed by atoms with Gasteiger partial charge in [-0.05, 0) is 149 Å².